The minimum Gasteiger partial charge on any atom is -0.456 e. The van der Waals surface area contributed by atoms with E-state index in [4.69, 9.17) is 23.8 Å². The molecule has 8 aromatic carbocycles. The number of nitrogens with zero attached hydrogens (tertiary/aromatic N) is 3. The van der Waals surface area contributed by atoms with Gasteiger partial charge in [0, 0.05) is 64.0 Å². The van der Waals surface area contributed by atoms with E-state index >= 15 is 0 Å². The lowest BCUT2D eigenvalue weighted by Crippen LogP contribution is -2.00. The number of thiophene rings is 1. The molecule has 57 heavy (non-hydrogen) atoms. The molecule has 0 unspecified atom stereocenters. The maximum Gasteiger partial charge on any atom is 0.164 e. The fourth-order valence-corrected chi connectivity index (χ4v) is 9.39. The third-order valence-electron chi connectivity index (χ3n) is 10.9. The van der Waals surface area contributed by atoms with Crippen LogP contribution >= 0.6 is 11.3 Å². The highest BCUT2D eigenvalue weighted by atomic mass is 32.1. The molecule has 0 N–H and O–H groups in total. The Morgan fingerprint density at radius 1 is 0.333 bits per heavy atom. The summed E-state index contributed by atoms with van der Waals surface area (Å²) in [5, 5.41) is 6.71. The van der Waals surface area contributed by atoms with Gasteiger partial charge < -0.3 is 8.83 Å². The van der Waals surface area contributed by atoms with Crippen molar-refractivity contribution in [2.24, 2.45) is 0 Å². The summed E-state index contributed by atoms with van der Waals surface area (Å²) in [4.78, 5) is 15.1. The molecular weight excluding hydrogens is 719 g/mol. The van der Waals surface area contributed by atoms with Crippen LogP contribution in [0.1, 0.15) is 0 Å². The molecule has 4 aromatic heterocycles. The van der Waals surface area contributed by atoms with Crippen LogP contribution in [0.3, 0.4) is 0 Å². The first kappa shape index (κ1) is 31.9. The summed E-state index contributed by atoms with van der Waals surface area (Å²) in [6.07, 6.45) is 0. The monoisotopic (exact) mass is 747 g/mol. The lowest BCUT2D eigenvalue weighted by atomic mass is 9.94. The molecular formula is C51H29N3O2S. The SMILES string of the molecule is c1ccc(-c2nc(-c3ccccc3)nc(-c3cccc4sc5cc(-c6cc(-c7ccc8c(c7)oc7ccccc78)c7oc8ccccc8c7c6)ccc5c34)n2)cc1. The predicted molar refractivity (Wildman–Crippen MR) is 234 cm³/mol. The molecule has 0 saturated carbocycles. The van der Waals surface area contributed by atoms with E-state index in [0.717, 1.165) is 88.2 Å². The second-order valence-corrected chi connectivity index (χ2v) is 15.4. The molecule has 0 aliphatic carbocycles. The molecule has 266 valence electrons. The van der Waals surface area contributed by atoms with Crippen LogP contribution in [-0.2, 0) is 0 Å². The Kier molecular flexibility index (Phi) is 7.03. The summed E-state index contributed by atoms with van der Waals surface area (Å²) in [5.41, 5.74) is 10.7. The highest BCUT2D eigenvalue weighted by Crippen LogP contribution is 2.44. The van der Waals surface area contributed by atoms with Gasteiger partial charge in [-0.1, -0.05) is 127 Å². The Morgan fingerprint density at radius 2 is 0.947 bits per heavy atom. The fraction of sp³-hybridized carbons (Fsp3) is 0. The molecule has 12 rings (SSSR count). The van der Waals surface area contributed by atoms with Gasteiger partial charge >= 0.3 is 0 Å². The molecule has 5 nitrogen and oxygen atoms in total. The summed E-state index contributed by atoms with van der Waals surface area (Å²) in [5.74, 6) is 1.95. The van der Waals surface area contributed by atoms with E-state index in [-0.39, 0.29) is 0 Å². The second kappa shape index (κ2) is 12.6. The summed E-state index contributed by atoms with van der Waals surface area (Å²) < 4.78 is 15.3. The largest absolute Gasteiger partial charge is 0.456 e. The minimum absolute atomic E-state index is 0.649. The number of rotatable bonds is 5. The zero-order chi connectivity index (χ0) is 37.5. The molecule has 0 amide bonds. The first-order chi connectivity index (χ1) is 28.2. The Balaban J connectivity index is 1.03. The highest BCUT2D eigenvalue weighted by Gasteiger charge is 2.20. The molecule has 6 heteroatoms. The van der Waals surface area contributed by atoms with Crippen LogP contribution in [0.4, 0.5) is 0 Å². The van der Waals surface area contributed by atoms with E-state index in [0.29, 0.717) is 17.5 Å². The van der Waals surface area contributed by atoms with Gasteiger partial charge in [0.15, 0.2) is 17.5 Å². The van der Waals surface area contributed by atoms with Crippen LogP contribution in [-0.4, -0.2) is 15.0 Å². The third-order valence-corrected chi connectivity index (χ3v) is 12.1. The maximum absolute atomic E-state index is 6.59. The molecule has 4 heterocycles. The van der Waals surface area contributed by atoms with Crippen molar-refractivity contribution in [3.05, 3.63) is 176 Å². The molecule has 12 aromatic rings. The summed E-state index contributed by atoms with van der Waals surface area (Å²) in [6.45, 7) is 0. The van der Waals surface area contributed by atoms with Gasteiger partial charge in [-0.05, 0) is 65.2 Å². The number of hydrogen-bond acceptors (Lipinski definition) is 6. The molecule has 0 radical (unpaired) electrons. The van der Waals surface area contributed by atoms with Gasteiger partial charge in [0.2, 0.25) is 0 Å². The molecule has 0 aliphatic rings. The van der Waals surface area contributed by atoms with Gasteiger partial charge in [-0.15, -0.1) is 11.3 Å². The van der Waals surface area contributed by atoms with Crippen molar-refractivity contribution in [3.8, 4) is 56.4 Å². The van der Waals surface area contributed by atoms with Crippen LogP contribution in [0.5, 0.6) is 0 Å². The quantitative estimate of drug-likeness (QED) is 0.175. The molecule has 0 spiro atoms. The van der Waals surface area contributed by atoms with Crippen LogP contribution < -0.4 is 0 Å². The number of para-hydroxylation sites is 2. The van der Waals surface area contributed by atoms with E-state index in [2.05, 4.69) is 91.0 Å². The molecule has 0 saturated heterocycles. The zero-order valence-electron chi connectivity index (χ0n) is 30.3. The van der Waals surface area contributed by atoms with Crippen LogP contribution in [0, 0.1) is 0 Å². The van der Waals surface area contributed by atoms with E-state index in [1.807, 2.05) is 84.9 Å². The lowest BCUT2D eigenvalue weighted by Gasteiger charge is -2.10. The smallest absolute Gasteiger partial charge is 0.164 e. The maximum atomic E-state index is 6.59. The normalized spacial score (nSPS) is 11.9. The Hall–Kier alpha value is -7.41. The van der Waals surface area contributed by atoms with E-state index in [9.17, 15) is 0 Å². The average Bonchev–Trinajstić information content (AvgIpc) is 3.97. The second-order valence-electron chi connectivity index (χ2n) is 14.3. The first-order valence-electron chi connectivity index (χ1n) is 18.9. The van der Waals surface area contributed by atoms with E-state index in [1.54, 1.807) is 11.3 Å². The summed E-state index contributed by atoms with van der Waals surface area (Å²) in [6, 6.07) is 61.0. The zero-order valence-corrected chi connectivity index (χ0v) is 31.1. The summed E-state index contributed by atoms with van der Waals surface area (Å²) >= 11 is 1.79. The van der Waals surface area contributed by atoms with Crippen molar-refractivity contribution in [2.45, 2.75) is 0 Å². The van der Waals surface area contributed by atoms with E-state index < -0.39 is 0 Å². The van der Waals surface area contributed by atoms with Crippen LogP contribution in [0.2, 0.25) is 0 Å². The Labute approximate surface area is 330 Å². The lowest BCUT2D eigenvalue weighted by molar-refractivity contribution is 0.668. The predicted octanol–water partition coefficient (Wildman–Crippen LogP) is 14.4. The van der Waals surface area contributed by atoms with E-state index in [1.165, 1.54) is 14.8 Å². The van der Waals surface area contributed by atoms with Crippen molar-refractivity contribution in [3.63, 3.8) is 0 Å². The number of fused-ring (bicyclic) bond motifs is 9. The molecule has 0 fully saturated rings. The highest BCUT2D eigenvalue weighted by molar-refractivity contribution is 7.26. The van der Waals surface area contributed by atoms with Gasteiger partial charge in [-0.25, -0.2) is 15.0 Å². The van der Waals surface area contributed by atoms with Gasteiger partial charge in [-0.3, -0.25) is 0 Å². The van der Waals surface area contributed by atoms with Crippen molar-refractivity contribution in [2.75, 3.05) is 0 Å². The first-order valence-corrected chi connectivity index (χ1v) is 19.7. The number of hydrogen-bond donors (Lipinski definition) is 0. The van der Waals surface area contributed by atoms with Gasteiger partial charge in [0.25, 0.3) is 0 Å². The average molecular weight is 748 g/mol. The molecule has 0 aliphatic heterocycles. The summed E-state index contributed by atoms with van der Waals surface area (Å²) in [7, 11) is 0. The van der Waals surface area contributed by atoms with Crippen LogP contribution in [0.25, 0.3) is 120 Å². The number of furan rings is 2. The molecule has 0 atom stereocenters. The topological polar surface area (TPSA) is 65.0 Å². The Bertz CT molecular complexity index is 3470. The van der Waals surface area contributed by atoms with Gasteiger partial charge in [0.1, 0.15) is 22.3 Å². The molecule has 0 bridgehead atoms. The standard InChI is InChI=1S/C51H29N3O2S/c1-3-12-30(13-4-1)49-52-50(31-14-5-2-6-15-31)54-51(53-49)39-18-11-21-45-47(39)38-25-22-32(29-46(38)57-45)34-26-40(48-41(27-34)36-17-8-10-20-43(36)56-48)33-23-24-37-35-16-7-9-19-42(35)55-44(37)28-33/h1-29H. The van der Waals surface area contributed by atoms with Crippen molar-refractivity contribution in [1.29, 1.82) is 0 Å². The number of aromatic nitrogens is 3. The van der Waals surface area contributed by atoms with Gasteiger partial charge in [0.05, 0.1) is 0 Å². The number of benzene rings is 8. The van der Waals surface area contributed by atoms with Crippen molar-refractivity contribution in [1.82, 2.24) is 15.0 Å². The van der Waals surface area contributed by atoms with Crippen LogP contribution in [0.15, 0.2) is 185 Å². The third kappa shape index (κ3) is 5.19. The minimum atomic E-state index is 0.649. The Morgan fingerprint density at radius 3 is 1.70 bits per heavy atom. The van der Waals surface area contributed by atoms with Crippen molar-refractivity contribution >= 4 is 75.4 Å². The fourth-order valence-electron chi connectivity index (χ4n) is 8.22. The van der Waals surface area contributed by atoms with Crippen molar-refractivity contribution < 1.29 is 8.83 Å². The van der Waals surface area contributed by atoms with Gasteiger partial charge in [-0.2, -0.15) is 0 Å².